The number of aromatic nitrogens is 2. The monoisotopic (exact) mass is 411 g/mol. The molecule has 2 heterocycles. The lowest BCUT2D eigenvalue weighted by Crippen LogP contribution is -2.34. The van der Waals surface area contributed by atoms with Crippen molar-refractivity contribution in [3.05, 3.63) is 69.7 Å². The first-order chi connectivity index (χ1) is 13.7. The van der Waals surface area contributed by atoms with Gasteiger partial charge in [-0.15, -0.1) is 11.3 Å². The van der Waals surface area contributed by atoms with Crippen LogP contribution in [0.15, 0.2) is 47.8 Å². The smallest absolute Gasteiger partial charge is 0.258 e. The highest BCUT2D eigenvalue weighted by Crippen LogP contribution is 2.25. The summed E-state index contributed by atoms with van der Waals surface area (Å²) in [5.41, 5.74) is 3.37. The van der Waals surface area contributed by atoms with Crippen molar-refractivity contribution in [3.8, 4) is 5.75 Å². The van der Waals surface area contributed by atoms with Crippen molar-refractivity contribution in [2.45, 2.75) is 46.1 Å². The van der Waals surface area contributed by atoms with Crippen molar-refractivity contribution < 1.29 is 9.53 Å². The van der Waals surface area contributed by atoms with E-state index in [1.54, 1.807) is 11.3 Å². The van der Waals surface area contributed by atoms with Crippen LogP contribution in [0.3, 0.4) is 0 Å². The SMILES string of the molecule is Cc1cc(C)n(C(CNC(=O)COc2ccc(C(C)(C)C)cc2)c2cccs2)n1. The van der Waals surface area contributed by atoms with E-state index in [1.165, 1.54) is 5.56 Å². The fourth-order valence-electron chi connectivity index (χ4n) is 3.21. The molecule has 1 amide bonds. The first kappa shape index (κ1) is 21.1. The van der Waals surface area contributed by atoms with Crippen LogP contribution < -0.4 is 10.1 Å². The molecule has 1 atom stereocenters. The van der Waals surface area contributed by atoms with Crippen LogP contribution in [0, 0.1) is 13.8 Å². The summed E-state index contributed by atoms with van der Waals surface area (Å²) in [5, 5.41) is 9.64. The van der Waals surface area contributed by atoms with Crippen molar-refractivity contribution in [2.75, 3.05) is 13.2 Å². The van der Waals surface area contributed by atoms with E-state index in [0.717, 1.165) is 16.3 Å². The Labute approximate surface area is 176 Å². The second kappa shape index (κ2) is 8.82. The van der Waals surface area contributed by atoms with Crippen molar-refractivity contribution in [3.63, 3.8) is 0 Å². The van der Waals surface area contributed by atoms with E-state index in [4.69, 9.17) is 4.74 Å². The van der Waals surface area contributed by atoms with Crippen LogP contribution >= 0.6 is 11.3 Å². The van der Waals surface area contributed by atoms with Crippen LogP contribution in [0.5, 0.6) is 5.75 Å². The average Bonchev–Trinajstić information content (AvgIpc) is 3.30. The van der Waals surface area contributed by atoms with Gasteiger partial charge in [0.2, 0.25) is 0 Å². The van der Waals surface area contributed by atoms with E-state index in [-0.39, 0.29) is 24.0 Å². The Balaban J connectivity index is 1.59. The molecule has 1 aromatic carbocycles. The summed E-state index contributed by atoms with van der Waals surface area (Å²) in [6.07, 6.45) is 0. The van der Waals surface area contributed by atoms with E-state index >= 15 is 0 Å². The third kappa shape index (κ3) is 5.48. The molecule has 0 aliphatic heterocycles. The molecule has 154 valence electrons. The molecule has 3 aromatic rings. The van der Waals surface area contributed by atoms with Gasteiger partial charge < -0.3 is 10.1 Å². The van der Waals surface area contributed by atoms with Gasteiger partial charge in [-0.3, -0.25) is 9.48 Å². The molecule has 0 saturated heterocycles. The van der Waals surface area contributed by atoms with Gasteiger partial charge in [0.25, 0.3) is 5.91 Å². The Hall–Kier alpha value is -2.60. The highest BCUT2D eigenvalue weighted by molar-refractivity contribution is 7.10. The van der Waals surface area contributed by atoms with Gasteiger partial charge in [0.15, 0.2) is 6.61 Å². The molecule has 0 saturated carbocycles. The topological polar surface area (TPSA) is 56.2 Å². The molecule has 0 radical (unpaired) electrons. The fraction of sp³-hybridized carbons (Fsp3) is 0.391. The van der Waals surface area contributed by atoms with Gasteiger partial charge >= 0.3 is 0 Å². The minimum absolute atomic E-state index is 0.0108. The lowest BCUT2D eigenvalue weighted by Gasteiger charge is -2.20. The third-order valence-electron chi connectivity index (χ3n) is 4.79. The van der Waals surface area contributed by atoms with Gasteiger partial charge in [-0.1, -0.05) is 39.0 Å². The van der Waals surface area contributed by atoms with Gasteiger partial charge in [0.1, 0.15) is 11.8 Å². The molecule has 0 aliphatic carbocycles. The van der Waals surface area contributed by atoms with Crippen LogP contribution in [-0.2, 0) is 10.2 Å². The van der Waals surface area contributed by atoms with Gasteiger partial charge in [-0.05, 0) is 54.5 Å². The summed E-state index contributed by atoms with van der Waals surface area (Å²) in [6, 6.07) is 14.0. The van der Waals surface area contributed by atoms with Crippen LogP contribution in [-0.4, -0.2) is 28.8 Å². The number of amides is 1. The second-order valence-electron chi connectivity index (χ2n) is 8.27. The number of nitrogens with zero attached hydrogens (tertiary/aromatic N) is 2. The normalized spacial score (nSPS) is 12.6. The van der Waals surface area contributed by atoms with Gasteiger partial charge in [0.05, 0.1) is 5.69 Å². The number of benzene rings is 1. The summed E-state index contributed by atoms with van der Waals surface area (Å²) >= 11 is 1.67. The minimum Gasteiger partial charge on any atom is -0.484 e. The first-order valence-corrected chi connectivity index (χ1v) is 10.7. The number of thiophene rings is 1. The predicted molar refractivity (Wildman–Crippen MR) is 118 cm³/mol. The number of carbonyl (C=O) groups is 1. The van der Waals surface area contributed by atoms with Crippen molar-refractivity contribution in [1.82, 2.24) is 15.1 Å². The molecule has 1 N–H and O–H groups in total. The Morgan fingerprint density at radius 3 is 2.48 bits per heavy atom. The standard InChI is InChI=1S/C23H29N3O2S/c1-16-13-17(2)26(25-16)20(21-7-6-12-29-21)14-24-22(27)15-28-19-10-8-18(9-11-19)23(3,4)5/h6-13,20H,14-15H2,1-5H3,(H,24,27). The summed E-state index contributed by atoms with van der Waals surface area (Å²) in [7, 11) is 0. The zero-order chi connectivity index (χ0) is 21.0. The number of hydrogen-bond acceptors (Lipinski definition) is 4. The minimum atomic E-state index is -0.145. The summed E-state index contributed by atoms with van der Waals surface area (Å²) in [6.45, 7) is 11.0. The van der Waals surface area contributed by atoms with E-state index in [0.29, 0.717) is 12.3 Å². The zero-order valence-corrected chi connectivity index (χ0v) is 18.5. The maximum Gasteiger partial charge on any atom is 0.258 e. The van der Waals surface area contributed by atoms with E-state index in [9.17, 15) is 4.79 Å². The number of aryl methyl sites for hydroxylation is 2. The predicted octanol–water partition coefficient (Wildman–Crippen LogP) is 4.64. The molecule has 0 aliphatic rings. The quantitative estimate of drug-likeness (QED) is 0.616. The lowest BCUT2D eigenvalue weighted by atomic mass is 9.87. The van der Waals surface area contributed by atoms with E-state index in [2.05, 4.69) is 37.3 Å². The number of hydrogen-bond donors (Lipinski definition) is 1. The first-order valence-electron chi connectivity index (χ1n) is 9.80. The van der Waals surface area contributed by atoms with Gasteiger partial charge in [-0.25, -0.2) is 0 Å². The van der Waals surface area contributed by atoms with Crippen molar-refractivity contribution in [1.29, 1.82) is 0 Å². The van der Waals surface area contributed by atoms with Crippen LogP contribution in [0.1, 0.15) is 48.6 Å². The molecular weight excluding hydrogens is 382 g/mol. The summed E-state index contributed by atoms with van der Waals surface area (Å²) < 4.78 is 7.64. The lowest BCUT2D eigenvalue weighted by molar-refractivity contribution is -0.123. The van der Waals surface area contributed by atoms with Crippen LogP contribution in [0.4, 0.5) is 0 Å². The van der Waals surface area contributed by atoms with Crippen molar-refractivity contribution >= 4 is 17.2 Å². The maximum absolute atomic E-state index is 12.4. The number of rotatable bonds is 7. The fourth-order valence-corrected chi connectivity index (χ4v) is 4.02. The molecule has 2 aromatic heterocycles. The van der Waals surface area contributed by atoms with Gasteiger partial charge in [-0.2, -0.15) is 5.10 Å². The summed E-state index contributed by atoms with van der Waals surface area (Å²) in [5.74, 6) is 0.550. The summed E-state index contributed by atoms with van der Waals surface area (Å²) in [4.78, 5) is 13.5. The van der Waals surface area contributed by atoms with Gasteiger partial charge in [0, 0.05) is 17.1 Å². The second-order valence-corrected chi connectivity index (χ2v) is 9.25. The van der Waals surface area contributed by atoms with Crippen LogP contribution in [0.2, 0.25) is 0 Å². The Kier molecular flexibility index (Phi) is 6.42. The maximum atomic E-state index is 12.4. The Morgan fingerprint density at radius 2 is 1.93 bits per heavy atom. The third-order valence-corrected chi connectivity index (χ3v) is 5.77. The van der Waals surface area contributed by atoms with Crippen LogP contribution in [0.25, 0.3) is 0 Å². The molecule has 5 nitrogen and oxygen atoms in total. The molecule has 29 heavy (non-hydrogen) atoms. The van der Waals surface area contributed by atoms with E-state index < -0.39 is 0 Å². The molecular formula is C23H29N3O2S. The molecule has 1 unspecified atom stereocenters. The number of ether oxygens (including phenoxy) is 1. The largest absolute Gasteiger partial charge is 0.484 e. The molecule has 0 bridgehead atoms. The zero-order valence-electron chi connectivity index (χ0n) is 17.7. The number of nitrogens with one attached hydrogen (secondary N) is 1. The molecule has 0 fully saturated rings. The van der Waals surface area contributed by atoms with Crippen molar-refractivity contribution in [2.24, 2.45) is 0 Å². The number of carbonyl (C=O) groups excluding carboxylic acids is 1. The molecule has 0 spiro atoms. The Morgan fingerprint density at radius 1 is 1.21 bits per heavy atom. The Bertz CT molecular complexity index is 938. The average molecular weight is 412 g/mol. The highest BCUT2D eigenvalue weighted by atomic mass is 32.1. The highest BCUT2D eigenvalue weighted by Gasteiger charge is 2.19. The van der Waals surface area contributed by atoms with E-state index in [1.807, 2.05) is 60.3 Å². The molecule has 6 heteroatoms. The molecule has 3 rings (SSSR count).